The number of benzene rings is 1. The van der Waals surface area contributed by atoms with Gasteiger partial charge in [0.15, 0.2) is 0 Å². The number of fused-ring (bicyclic) bond motifs is 5. The quantitative estimate of drug-likeness (QED) is 0.360. The van der Waals surface area contributed by atoms with Crippen LogP contribution in [-0.4, -0.2) is 30.6 Å². The number of ether oxygens (including phenoxy) is 2. The summed E-state index contributed by atoms with van der Waals surface area (Å²) in [6.07, 6.45) is 13.4. The van der Waals surface area contributed by atoms with Gasteiger partial charge in [0.1, 0.15) is 6.10 Å². The van der Waals surface area contributed by atoms with Crippen LogP contribution < -0.4 is 0 Å². The summed E-state index contributed by atoms with van der Waals surface area (Å²) in [5, 5.41) is 0. The number of carbonyl (C=O) groups excluding carboxylic acids is 1. The zero-order valence-corrected chi connectivity index (χ0v) is 21.7. The van der Waals surface area contributed by atoms with Gasteiger partial charge in [0.05, 0.1) is 12.6 Å². The van der Waals surface area contributed by atoms with Crippen LogP contribution in [0.1, 0.15) is 84.1 Å². The molecule has 4 heteroatoms. The van der Waals surface area contributed by atoms with Crippen LogP contribution in [0.15, 0.2) is 47.0 Å². The molecule has 5 aliphatic rings. The van der Waals surface area contributed by atoms with E-state index in [0.29, 0.717) is 17.4 Å². The molecule has 4 nitrogen and oxygen atoms in total. The molecule has 0 unspecified atom stereocenters. The lowest BCUT2D eigenvalue weighted by Crippen LogP contribution is -2.51. The van der Waals surface area contributed by atoms with E-state index in [1.165, 1.54) is 32.1 Å². The number of nitrogens with zero attached hydrogens (tertiary/aromatic N) is 1. The van der Waals surface area contributed by atoms with Gasteiger partial charge in [0.25, 0.3) is 0 Å². The topological polar surface area (TPSA) is 47.9 Å². The monoisotopic (exact) mass is 475 g/mol. The van der Waals surface area contributed by atoms with Crippen molar-refractivity contribution in [1.82, 2.24) is 0 Å². The van der Waals surface area contributed by atoms with Crippen LogP contribution in [0.4, 0.5) is 0 Å². The van der Waals surface area contributed by atoms with E-state index in [-0.39, 0.29) is 17.5 Å². The molecule has 0 spiro atoms. The van der Waals surface area contributed by atoms with Gasteiger partial charge < -0.3 is 9.47 Å². The maximum absolute atomic E-state index is 11.5. The Morgan fingerprint density at radius 1 is 1.00 bits per heavy atom. The summed E-state index contributed by atoms with van der Waals surface area (Å²) >= 11 is 0. The third kappa shape index (κ3) is 3.86. The van der Waals surface area contributed by atoms with Crippen LogP contribution in [-0.2, 0) is 14.3 Å². The van der Waals surface area contributed by atoms with Crippen molar-refractivity contribution in [1.29, 1.82) is 0 Å². The highest BCUT2D eigenvalue weighted by Gasteiger charge is 2.60. The largest absolute Gasteiger partial charge is 0.477 e. The average Bonchev–Trinajstić information content (AvgIpc) is 3.22. The highest BCUT2D eigenvalue weighted by Crippen LogP contribution is 2.67. The van der Waals surface area contributed by atoms with Gasteiger partial charge in [-0.2, -0.15) is 0 Å². The second-order valence-electron chi connectivity index (χ2n) is 12.5. The molecule has 0 bridgehead atoms. The van der Waals surface area contributed by atoms with Gasteiger partial charge in [0.2, 0.25) is 5.90 Å². The summed E-state index contributed by atoms with van der Waals surface area (Å²) in [5.74, 6) is 3.74. The first kappa shape index (κ1) is 23.3. The van der Waals surface area contributed by atoms with Crippen LogP contribution in [0, 0.1) is 34.5 Å². The van der Waals surface area contributed by atoms with Crippen molar-refractivity contribution >= 4 is 11.9 Å². The molecular formula is C31H41NO3. The Hall–Kier alpha value is -2.10. The maximum Gasteiger partial charge on any atom is 0.302 e. The van der Waals surface area contributed by atoms with Crippen molar-refractivity contribution in [3.8, 4) is 0 Å². The Bertz CT molecular complexity index is 1030. The minimum atomic E-state index is -0.135. The fraction of sp³-hybridized carbons (Fsp3) is 0.677. The standard InChI is InChI=1S/C31H41NO3/c1-20(33)35-23-13-16-30(2)22(19-23)9-10-24-25-11-12-27(31(25,3)17-14-26(24)30)28-15-18-34-29(32-28)21-7-5-4-6-8-21/h4-9,23-28H,10-19H2,1-3H3/t23-,24-,25-,26-,27+,28-,30-,31-/m0/s1. The molecule has 0 radical (unpaired) electrons. The number of hydrogen-bond acceptors (Lipinski definition) is 4. The average molecular weight is 476 g/mol. The van der Waals surface area contributed by atoms with Crippen LogP contribution in [0.3, 0.4) is 0 Å². The molecule has 1 aromatic carbocycles. The highest BCUT2D eigenvalue weighted by molar-refractivity contribution is 5.94. The molecule has 188 valence electrons. The van der Waals surface area contributed by atoms with E-state index in [1.54, 1.807) is 12.5 Å². The third-order valence-corrected chi connectivity index (χ3v) is 10.9. The van der Waals surface area contributed by atoms with Gasteiger partial charge in [-0.3, -0.25) is 4.79 Å². The molecule has 3 saturated carbocycles. The van der Waals surface area contributed by atoms with Crippen molar-refractivity contribution in [2.75, 3.05) is 6.61 Å². The van der Waals surface area contributed by atoms with E-state index in [4.69, 9.17) is 14.5 Å². The lowest BCUT2D eigenvalue weighted by Gasteiger charge is -2.58. The van der Waals surface area contributed by atoms with Crippen LogP contribution >= 0.6 is 0 Å². The van der Waals surface area contributed by atoms with Crippen molar-refractivity contribution < 1.29 is 14.3 Å². The molecule has 0 saturated heterocycles. The number of rotatable bonds is 3. The van der Waals surface area contributed by atoms with Gasteiger partial charge in [-0.1, -0.05) is 43.7 Å². The fourth-order valence-corrected chi connectivity index (χ4v) is 9.19. The summed E-state index contributed by atoms with van der Waals surface area (Å²) in [5.41, 5.74) is 3.36. The number of hydrogen-bond donors (Lipinski definition) is 0. The first-order chi connectivity index (χ1) is 16.9. The number of allylic oxidation sites excluding steroid dienone is 1. The summed E-state index contributed by atoms with van der Waals surface area (Å²) in [6, 6.07) is 10.8. The summed E-state index contributed by atoms with van der Waals surface area (Å²) in [4.78, 5) is 16.8. The minimum absolute atomic E-state index is 0.0817. The lowest BCUT2D eigenvalue weighted by atomic mass is 9.47. The summed E-state index contributed by atoms with van der Waals surface area (Å²) in [6.45, 7) is 7.47. The molecule has 0 amide bonds. The molecule has 1 aliphatic heterocycles. The third-order valence-electron chi connectivity index (χ3n) is 10.9. The van der Waals surface area contributed by atoms with Crippen LogP contribution in [0.5, 0.6) is 0 Å². The molecule has 35 heavy (non-hydrogen) atoms. The first-order valence-electron chi connectivity index (χ1n) is 14.0. The number of carbonyl (C=O) groups is 1. The number of esters is 1. The predicted octanol–water partition coefficient (Wildman–Crippen LogP) is 6.73. The van der Waals surface area contributed by atoms with Gasteiger partial charge in [0, 0.05) is 25.3 Å². The second kappa shape index (κ2) is 8.78. The normalized spacial score (nSPS) is 42.5. The van der Waals surface area contributed by atoms with Gasteiger partial charge >= 0.3 is 5.97 Å². The summed E-state index contributed by atoms with van der Waals surface area (Å²) < 4.78 is 11.7. The van der Waals surface area contributed by atoms with Gasteiger partial charge in [-0.05, 0) is 91.6 Å². The Kier molecular flexibility index (Phi) is 5.85. The fourth-order valence-electron chi connectivity index (χ4n) is 9.19. The maximum atomic E-state index is 11.5. The van der Waals surface area contributed by atoms with E-state index in [2.05, 4.69) is 50.3 Å². The van der Waals surface area contributed by atoms with Crippen molar-refractivity contribution in [2.24, 2.45) is 39.5 Å². The molecule has 0 N–H and O–H groups in total. The molecule has 8 atom stereocenters. The number of aliphatic imine (C=N–C) groups is 1. The Morgan fingerprint density at radius 2 is 1.80 bits per heavy atom. The van der Waals surface area contributed by atoms with E-state index in [9.17, 15) is 4.79 Å². The minimum Gasteiger partial charge on any atom is -0.477 e. The predicted molar refractivity (Wildman–Crippen MR) is 138 cm³/mol. The lowest BCUT2D eigenvalue weighted by molar-refractivity contribution is -0.148. The van der Waals surface area contributed by atoms with Gasteiger partial charge in [-0.15, -0.1) is 0 Å². The Balaban J connectivity index is 1.23. The zero-order valence-electron chi connectivity index (χ0n) is 21.7. The molecule has 3 fully saturated rings. The zero-order chi connectivity index (χ0) is 24.2. The van der Waals surface area contributed by atoms with Crippen LogP contribution in [0.25, 0.3) is 0 Å². The molecule has 0 aromatic heterocycles. The first-order valence-corrected chi connectivity index (χ1v) is 14.0. The molecule has 1 aromatic rings. The second-order valence-corrected chi connectivity index (χ2v) is 12.5. The molecule has 1 heterocycles. The van der Waals surface area contributed by atoms with Crippen molar-refractivity contribution in [3.05, 3.63) is 47.5 Å². The molecule has 6 rings (SSSR count). The van der Waals surface area contributed by atoms with E-state index in [0.717, 1.165) is 61.5 Å². The SMILES string of the molecule is CC(=O)O[C@H]1CC[C@@]2(C)C(=CC[C@H]3[C@@H]4CC[C@H]([C@@H]5CCOC(c6ccccc6)=N5)[C@@]4(C)CC[C@@H]32)C1. The van der Waals surface area contributed by atoms with E-state index >= 15 is 0 Å². The van der Waals surface area contributed by atoms with Crippen LogP contribution in [0.2, 0.25) is 0 Å². The van der Waals surface area contributed by atoms with Gasteiger partial charge in [-0.25, -0.2) is 4.99 Å². The highest BCUT2D eigenvalue weighted by atomic mass is 16.5. The van der Waals surface area contributed by atoms with Crippen molar-refractivity contribution in [3.63, 3.8) is 0 Å². The molecular weight excluding hydrogens is 434 g/mol. The Labute approximate surface area is 210 Å². The van der Waals surface area contributed by atoms with Crippen molar-refractivity contribution in [2.45, 2.75) is 90.7 Å². The molecule has 4 aliphatic carbocycles. The smallest absolute Gasteiger partial charge is 0.302 e. The summed E-state index contributed by atoms with van der Waals surface area (Å²) in [7, 11) is 0. The Morgan fingerprint density at radius 3 is 2.60 bits per heavy atom. The van der Waals surface area contributed by atoms with E-state index < -0.39 is 0 Å². The van der Waals surface area contributed by atoms with E-state index in [1.807, 2.05) is 0 Å².